The Hall–Kier alpha value is -1.04. The van der Waals surface area contributed by atoms with Gasteiger partial charge in [0, 0.05) is 12.8 Å². The molecule has 1 atom stereocenters. The van der Waals surface area contributed by atoms with Crippen LogP contribution in [0.15, 0.2) is 18.2 Å². The van der Waals surface area contributed by atoms with Crippen LogP contribution < -0.4 is 10.2 Å². The first-order valence-electron chi connectivity index (χ1n) is 7.35. The summed E-state index contributed by atoms with van der Waals surface area (Å²) >= 11 is 0. The van der Waals surface area contributed by atoms with Crippen LogP contribution >= 0.6 is 0 Å². The molecule has 1 spiro atoms. The van der Waals surface area contributed by atoms with Crippen LogP contribution in [-0.2, 0) is 4.74 Å². The van der Waals surface area contributed by atoms with Gasteiger partial charge >= 0.3 is 7.12 Å². The summed E-state index contributed by atoms with van der Waals surface area (Å²) in [5.74, 6) is 0.799. The molecule has 5 heteroatoms. The summed E-state index contributed by atoms with van der Waals surface area (Å²) in [6.07, 6.45) is 5.66. The van der Waals surface area contributed by atoms with Gasteiger partial charge in [0.05, 0.1) is 12.2 Å². The van der Waals surface area contributed by atoms with Crippen molar-refractivity contribution in [3.05, 3.63) is 23.8 Å². The minimum atomic E-state index is -1.43. The summed E-state index contributed by atoms with van der Waals surface area (Å²) in [4.78, 5) is 0. The molecule has 1 heterocycles. The van der Waals surface area contributed by atoms with E-state index < -0.39 is 7.12 Å². The van der Waals surface area contributed by atoms with Crippen molar-refractivity contribution in [2.24, 2.45) is 0 Å². The monoisotopic (exact) mass is 276 g/mol. The van der Waals surface area contributed by atoms with E-state index in [2.05, 4.69) is 0 Å². The molecule has 0 bridgehead atoms. The van der Waals surface area contributed by atoms with Gasteiger partial charge in [-0.1, -0.05) is 6.07 Å². The lowest BCUT2D eigenvalue weighted by Crippen LogP contribution is -2.48. The Morgan fingerprint density at radius 1 is 1.35 bits per heavy atom. The summed E-state index contributed by atoms with van der Waals surface area (Å²) in [6.45, 7) is 2.64. The van der Waals surface area contributed by atoms with E-state index in [1.165, 1.54) is 6.42 Å². The van der Waals surface area contributed by atoms with E-state index in [0.717, 1.165) is 43.6 Å². The van der Waals surface area contributed by atoms with E-state index in [9.17, 15) is 10.0 Å². The molecule has 1 aromatic rings. The predicted octanol–water partition coefficient (Wildman–Crippen LogP) is 1.16. The van der Waals surface area contributed by atoms with Crippen molar-refractivity contribution in [3.8, 4) is 5.75 Å². The van der Waals surface area contributed by atoms with Gasteiger partial charge in [0.25, 0.3) is 0 Å². The summed E-state index contributed by atoms with van der Waals surface area (Å²) < 4.78 is 12.0. The molecule has 2 fully saturated rings. The van der Waals surface area contributed by atoms with Crippen molar-refractivity contribution < 1.29 is 19.5 Å². The molecule has 1 aliphatic heterocycles. The fourth-order valence-electron chi connectivity index (χ4n) is 3.21. The maximum absolute atomic E-state index is 9.22. The van der Waals surface area contributed by atoms with Crippen molar-refractivity contribution in [3.63, 3.8) is 0 Å². The number of hydrogen-bond donors (Lipinski definition) is 2. The fourth-order valence-corrected chi connectivity index (χ4v) is 3.21. The normalized spacial score (nSPS) is 24.2. The summed E-state index contributed by atoms with van der Waals surface area (Å²) in [5, 5.41) is 18.4. The highest BCUT2D eigenvalue weighted by molar-refractivity contribution is 6.59. The lowest BCUT2D eigenvalue weighted by atomic mass is 9.74. The Bertz CT molecular complexity index is 485. The van der Waals surface area contributed by atoms with Gasteiger partial charge in [0.1, 0.15) is 11.9 Å². The average molecular weight is 276 g/mol. The van der Waals surface area contributed by atoms with Crippen molar-refractivity contribution in [1.29, 1.82) is 0 Å². The van der Waals surface area contributed by atoms with Crippen LogP contribution in [0.3, 0.4) is 0 Å². The fraction of sp³-hybridized carbons (Fsp3) is 0.600. The minimum Gasteiger partial charge on any atom is -0.490 e. The quantitative estimate of drug-likeness (QED) is 0.813. The largest absolute Gasteiger partial charge is 0.490 e. The number of rotatable bonds is 3. The van der Waals surface area contributed by atoms with E-state index in [0.29, 0.717) is 5.46 Å². The standard InChI is InChI=1S/C15H21BO4/c1-11-9-12(3-4-14(11)16(17)18)20-13-5-8-19-15(10-13)6-2-7-15/h3-4,9,13,17-18H,2,5-8,10H2,1H3. The van der Waals surface area contributed by atoms with Crippen molar-refractivity contribution in [2.75, 3.05) is 6.61 Å². The Morgan fingerprint density at radius 3 is 2.75 bits per heavy atom. The second-order valence-electron chi connectivity index (χ2n) is 6.01. The molecule has 0 amide bonds. The van der Waals surface area contributed by atoms with Crippen LogP contribution in [0.1, 0.15) is 37.7 Å². The zero-order valence-electron chi connectivity index (χ0n) is 11.8. The highest BCUT2D eigenvalue weighted by atomic mass is 16.5. The zero-order chi connectivity index (χ0) is 14.2. The lowest BCUT2D eigenvalue weighted by molar-refractivity contribution is -0.153. The molecule has 1 aromatic carbocycles. The molecule has 1 saturated heterocycles. The minimum absolute atomic E-state index is 0.0825. The molecule has 1 unspecified atom stereocenters. The second-order valence-corrected chi connectivity index (χ2v) is 6.01. The molecule has 20 heavy (non-hydrogen) atoms. The third-order valence-electron chi connectivity index (χ3n) is 4.53. The van der Waals surface area contributed by atoms with Crippen molar-refractivity contribution in [1.82, 2.24) is 0 Å². The smallest absolute Gasteiger partial charge is 0.488 e. The van der Waals surface area contributed by atoms with Crippen molar-refractivity contribution in [2.45, 2.75) is 50.7 Å². The maximum Gasteiger partial charge on any atom is 0.488 e. The van der Waals surface area contributed by atoms with Crippen LogP contribution in [0.4, 0.5) is 0 Å². The Morgan fingerprint density at radius 2 is 2.15 bits per heavy atom. The van der Waals surface area contributed by atoms with E-state index >= 15 is 0 Å². The first-order valence-corrected chi connectivity index (χ1v) is 7.35. The highest BCUT2D eigenvalue weighted by Gasteiger charge is 2.43. The molecule has 3 rings (SSSR count). The second kappa shape index (κ2) is 5.39. The molecule has 4 nitrogen and oxygen atoms in total. The van der Waals surface area contributed by atoms with E-state index in [-0.39, 0.29) is 11.7 Å². The van der Waals surface area contributed by atoms with Crippen LogP contribution in [-0.4, -0.2) is 35.5 Å². The summed E-state index contributed by atoms with van der Waals surface area (Å²) in [6, 6.07) is 5.40. The van der Waals surface area contributed by atoms with Gasteiger partial charge in [0.15, 0.2) is 0 Å². The number of hydrogen-bond acceptors (Lipinski definition) is 4. The Kier molecular flexibility index (Phi) is 3.75. The summed E-state index contributed by atoms with van der Waals surface area (Å²) in [5.41, 5.74) is 1.45. The molecule has 1 aliphatic carbocycles. The lowest BCUT2D eigenvalue weighted by Gasteiger charge is -2.46. The van der Waals surface area contributed by atoms with Gasteiger partial charge < -0.3 is 19.5 Å². The van der Waals surface area contributed by atoms with Crippen LogP contribution in [0.2, 0.25) is 0 Å². The number of aryl methyl sites for hydroxylation is 1. The predicted molar refractivity (Wildman–Crippen MR) is 77.2 cm³/mol. The SMILES string of the molecule is Cc1cc(OC2CCOC3(CCC3)C2)ccc1B(O)O. The van der Waals surface area contributed by atoms with Gasteiger partial charge in [-0.05, 0) is 49.3 Å². The van der Waals surface area contributed by atoms with Gasteiger partial charge in [-0.25, -0.2) is 0 Å². The maximum atomic E-state index is 9.22. The van der Waals surface area contributed by atoms with E-state index in [1.54, 1.807) is 6.07 Å². The van der Waals surface area contributed by atoms with Crippen LogP contribution in [0.5, 0.6) is 5.75 Å². The van der Waals surface area contributed by atoms with Gasteiger partial charge in [0.2, 0.25) is 0 Å². The first kappa shape index (κ1) is 13.9. The topological polar surface area (TPSA) is 58.9 Å². The number of ether oxygens (including phenoxy) is 2. The van der Waals surface area contributed by atoms with Crippen LogP contribution in [0.25, 0.3) is 0 Å². The molecule has 0 aromatic heterocycles. The van der Waals surface area contributed by atoms with Crippen LogP contribution in [0, 0.1) is 6.92 Å². The van der Waals surface area contributed by atoms with Gasteiger partial charge in [-0.3, -0.25) is 0 Å². The van der Waals surface area contributed by atoms with Gasteiger partial charge in [-0.15, -0.1) is 0 Å². The first-order chi connectivity index (χ1) is 9.58. The summed E-state index contributed by atoms with van der Waals surface area (Å²) in [7, 11) is -1.43. The van der Waals surface area contributed by atoms with Crippen molar-refractivity contribution >= 4 is 12.6 Å². The van der Waals surface area contributed by atoms with E-state index in [1.807, 2.05) is 19.1 Å². The number of benzene rings is 1. The van der Waals surface area contributed by atoms with E-state index in [4.69, 9.17) is 9.47 Å². The molecular weight excluding hydrogens is 255 g/mol. The zero-order valence-corrected chi connectivity index (χ0v) is 11.8. The highest BCUT2D eigenvalue weighted by Crippen LogP contribution is 2.43. The Labute approximate surface area is 119 Å². The molecule has 1 saturated carbocycles. The third-order valence-corrected chi connectivity index (χ3v) is 4.53. The van der Waals surface area contributed by atoms with Gasteiger partial charge in [-0.2, -0.15) is 0 Å². The third kappa shape index (κ3) is 2.71. The molecular formula is C15H21BO4. The molecule has 2 N–H and O–H groups in total. The average Bonchev–Trinajstić information content (AvgIpc) is 2.37. The Balaban J connectivity index is 1.67. The molecule has 108 valence electrons. The molecule has 0 radical (unpaired) electrons. The molecule has 2 aliphatic rings.